The van der Waals surface area contributed by atoms with Crippen LogP contribution in [0.3, 0.4) is 0 Å². The van der Waals surface area contributed by atoms with E-state index in [-0.39, 0.29) is 17.9 Å². The molecule has 0 bridgehead atoms. The van der Waals surface area contributed by atoms with Crippen molar-refractivity contribution in [3.05, 3.63) is 0 Å². The molecule has 2 fully saturated rings. The normalized spacial score (nSPS) is 27.3. The van der Waals surface area contributed by atoms with Gasteiger partial charge < -0.3 is 19.5 Å². The molecule has 6 heteroatoms. The summed E-state index contributed by atoms with van der Waals surface area (Å²) >= 11 is 0. The number of carbonyl (C=O) groups is 2. The maximum absolute atomic E-state index is 12.0. The van der Waals surface area contributed by atoms with Crippen LogP contribution in [0.5, 0.6) is 0 Å². The second-order valence-corrected chi connectivity index (χ2v) is 5.18. The number of amides is 1. The van der Waals surface area contributed by atoms with E-state index in [0.29, 0.717) is 32.7 Å². The third kappa shape index (κ3) is 3.67. The molecule has 19 heavy (non-hydrogen) atoms. The quantitative estimate of drug-likeness (QED) is 0.706. The summed E-state index contributed by atoms with van der Waals surface area (Å²) in [6.07, 6.45) is 2.33. The van der Waals surface area contributed by atoms with Crippen LogP contribution < -0.4 is 0 Å². The maximum Gasteiger partial charge on any atom is 0.307 e. The Balaban J connectivity index is 1.69. The zero-order chi connectivity index (χ0) is 13.8. The van der Waals surface area contributed by atoms with Gasteiger partial charge in [0.05, 0.1) is 31.2 Å². The summed E-state index contributed by atoms with van der Waals surface area (Å²) in [6.45, 7) is 2.50. The van der Waals surface area contributed by atoms with Crippen molar-refractivity contribution in [3.63, 3.8) is 0 Å². The molecule has 1 saturated carbocycles. The molecule has 0 aromatic rings. The van der Waals surface area contributed by atoms with Gasteiger partial charge in [-0.15, -0.1) is 0 Å². The second-order valence-electron chi connectivity index (χ2n) is 5.18. The lowest BCUT2D eigenvalue weighted by Crippen LogP contribution is -2.42. The molecule has 0 radical (unpaired) electrons. The van der Waals surface area contributed by atoms with Crippen LogP contribution in [0, 0.1) is 11.8 Å². The Bertz CT molecular complexity index is 338. The van der Waals surface area contributed by atoms with Gasteiger partial charge in [-0.2, -0.15) is 0 Å². The number of carboxylic acids is 1. The predicted octanol–water partition coefficient (Wildman–Crippen LogP) is 0.361. The van der Waals surface area contributed by atoms with Crippen molar-refractivity contribution in [3.8, 4) is 0 Å². The first-order chi connectivity index (χ1) is 9.13. The van der Waals surface area contributed by atoms with E-state index in [0.717, 1.165) is 12.8 Å². The molecule has 108 valence electrons. The SMILES string of the molecule is COCCOC1CCN(C(=O)[C@@H]2C[C@H]2C(=O)O)CC1. The minimum Gasteiger partial charge on any atom is -0.481 e. The molecule has 0 unspecified atom stereocenters. The van der Waals surface area contributed by atoms with Crippen LogP contribution in [0.2, 0.25) is 0 Å². The van der Waals surface area contributed by atoms with Crippen molar-refractivity contribution in [2.75, 3.05) is 33.4 Å². The highest BCUT2D eigenvalue weighted by Crippen LogP contribution is 2.40. The van der Waals surface area contributed by atoms with Crippen LogP contribution >= 0.6 is 0 Å². The molecule has 0 aromatic carbocycles. The van der Waals surface area contributed by atoms with E-state index in [1.54, 1.807) is 12.0 Å². The molecule has 1 amide bonds. The number of ether oxygens (including phenoxy) is 2. The van der Waals surface area contributed by atoms with Gasteiger partial charge in [0.15, 0.2) is 0 Å². The molecule has 6 nitrogen and oxygen atoms in total. The molecule has 2 aliphatic rings. The molecular formula is C13H21NO5. The van der Waals surface area contributed by atoms with Crippen LogP contribution in [0.4, 0.5) is 0 Å². The van der Waals surface area contributed by atoms with Crippen molar-refractivity contribution in [1.29, 1.82) is 0 Å². The van der Waals surface area contributed by atoms with Gasteiger partial charge in [0, 0.05) is 20.2 Å². The van der Waals surface area contributed by atoms with E-state index in [4.69, 9.17) is 14.6 Å². The highest BCUT2D eigenvalue weighted by atomic mass is 16.5. The summed E-state index contributed by atoms with van der Waals surface area (Å²) in [7, 11) is 1.64. The van der Waals surface area contributed by atoms with E-state index in [9.17, 15) is 9.59 Å². The third-order valence-corrected chi connectivity index (χ3v) is 3.82. The Kier molecular flexibility index (Phi) is 4.76. The van der Waals surface area contributed by atoms with Gasteiger partial charge in [-0.1, -0.05) is 0 Å². The number of hydrogen-bond acceptors (Lipinski definition) is 4. The molecule has 0 spiro atoms. The van der Waals surface area contributed by atoms with Gasteiger partial charge >= 0.3 is 5.97 Å². The lowest BCUT2D eigenvalue weighted by molar-refractivity contribution is -0.142. The van der Waals surface area contributed by atoms with Crippen molar-refractivity contribution in [2.24, 2.45) is 11.8 Å². The van der Waals surface area contributed by atoms with Crippen molar-refractivity contribution >= 4 is 11.9 Å². The number of methoxy groups -OCH3 is 1. The number of carboxylic acid groups (broad SMARTS) is 1. The fraction of sp³-hybridized carbons (Fsp3) is 0.846. The molecular weight excluding hydrogens is 250 g/mol. The Labute approximate surface area is 112 Å². The Morgan fingerprint density at radius 2 is 1.89 bits per heavy atom. The summed E-state index contributed by atoms with van der Waals surface area (Å²) in [5, 5.41) is 8.83. The summed E-state index contributed by atoms with van der Waals surface area (Å²) in [5.41, 5.74) is 0. The number of carbonyl (C=O) groups excluding carboxylic acids is 1. The zero-order valence-corrected chi connectivity index (χ0v) is 11.2. The van der Waals surface area contributed by atoms with E-state index in [2.05, 4.69) is 0 Å². The number of piperidine rings is 1. The lowest BCUT2D eigenvalue weighted by Gasteiger charge is -2.32. The molecule has 0 aromatic heterocycles. The van der Waals surface area contributed by atoms with Crippen LogP contribution in [0.25, 0.3) is 0 Å². The van der Waals surface area contributed by atoms with E-state index in [1.807, 2.05) is 0 Å². The minimum absolute atomic E-state index is 0.00254. The van der Waals surface area contributed by atoms with Crippen LogP contribution in [-0.2, 0) is 19.1 Å². The summed E-state index contributed by atoms with van der Waals surface area (Å²) in [6, 6.07) is 0. The largest absolute Gasteiger partial charge is 0.481 e. The maximum atomic E-state index is 12.0. The van der Waals surface area contributed by atoms with Gasteiger partial charge in [-0.25, -0.2) is 0 Å². The number of aliphatic carboxylic acids is 1. The zero-order valence-electron chi connectivity index (χ0n) is 11.2. The first kappa shape index (κ1) is 14.3. The van der Waals surface area contributed by atoms with Crippen molar-refractivity contribution in [2.45, 2.75) is 25.4 Å². The van der Waals surface area contributed by atoms with Gasteiger partial charge in [0.25, 0.3) is 0 Å². The second kappa shape index (κ2) is 6.34. The van der Waals surface area contributed by atoms with Gasteiger partial charge in [0.2, 0.25) is 5.91 Å². The smallest absolute Gasteiger partial charge is 0.307 e. The first-order valence-electron chi connectivity index (χ1n) is 6.75. The number of rotatable bonds is 6. The number of hydrogen-bond donors (Lipinski definition) is 1. The lowest BCUT2D eigenvalue weighted by atomic mass is 10.1. The summed E-state index contributed by atoms with van der Waals surface area (Å²) < 4.78 is 10.6. The van der Waals surface area contributed by atoms with Gasteiger partial charge in [-0.05, 0) is 19.3 Å². The Hall–Kier alpha value is -1.14. The summed E-state index contributed by atoms with van der Waals surface area (Å²) in [5.74, 6) is -1.59. The van der Waals surface area contributed by atoms with Gasteiger partial charge in [-0.3, -0.25) is 9.59 Å². The standard InChI is InChI=1S/C13H21NO5/c1-18-6-7-19-9-2-4-14(5-3-9)12(15)10-8-11(10)13(16)17/h9-11H,2-8H2,1H3,(H,16,17)/t10-,11-/m1/s1. The minimum atomic E-state index is -0.851. The van der Waals surface area contributed by atoms with Crippen LogP contribution in [-0.4, -0.2) is 61.4 Å². The molecule has 1 N–H and O–H groups in total. The van der Waals surface area contributed by atoms with Crippen LogP contribution in [0.1, 0.15) is 19.3 Å². The van der Waals surface area contributed by atoms with E-state index in [1.165, 1.54) is 0 Å². The highest BCUT2D eigenvalue weighted by Gasteiger charge is 2.50. The molecule has 1 saturated heterocycles. The van der Waals surface area contributed by atoms with Crippen molar-refractivity contribution in [1.82, 2.24) is 4.90 Å². The predicted molar refractivity (Wildman–Crippen MR) is 66.7 cm³/mol. The molecule has 1 aliphatic carbocycles. The summed E-state index contributed by atoms with van der Waals surface area (Å²) in [4.78, 5) is 24.6. The molecule has 2 atom stereocenters. The Morgan fingerprint density at radius 1 is 1.21 bits per heavy atom. The van der Waals surface area contributed by atoms with Crippen LogP contribution in [0.15, 0.2) is 0 Å². The van der Waals surface area contributed by atoms with Gasteiger partial charge in [0.1, 0.15) is 0 Å². The molecule has 2 rings (SSSR count). The number of nitrogens with zero attached hydrogens (tertiary/aromatic N) is 1. The fourth-order valence-corrected chi connectivity index (χ4v) is 2.52. The third-order valence-electron chi connectivity index (χ3n) is 3.82. The highest BCUT2D eigenvalue weighted by molar-refractivity contribution is 5.89. The Morgan fingerprint density at radius 3 is 2.42 bits per heavy atom. The average Bonchev–Trinajstić information content (AvgIpc) is 3.19. The number of likely N-dealkylation sites (tertiary alicyclic amines) is 1. The molecule has 1 aliphatic heterocycles. The van der Waals surface area contributed by atoms with E-state index >= 15 is 0 Å². The molecule has 1 heterocycles. The fourth-order valence-electron chi connectivity index (χ4n) is 2.52. The average molecular weight is 271 g/mol. The first-order valence-corrected chi connectivity index (χ1v) is 6.75. The monoisotopic (exact) mass is 271 g/mol. The topological polar surface area (TPSA) is 76.1 Å². The van der Waals surface area contributed by atoms with E-state index < -0.39 is 11.9 Å². The van der Waals surface area contributed by atoms with Crippen molar-refractivity contribution < 1.29 is 24.2 Å².